The van der Waals surface area contributed by atoms with Gasteiger partial charge in [-0.3, -0.25) is 4.98 Å². The van der Waals surface area contributed by atoms with E-state index in [1.54, 1.807) is 20.2 Å². The third kappa shape index (κ3) is 2.22. The van der Waals surface area contributed by atoms with Crippen LogP contribution in [0.1, 0.15) is 11.4 Å². The quantitative estimate of drug-likeness (QED) is 0.863. The van der Waals surface area contributed by atoms with Gasteiger partial charge in [-0.05, 0) is 19.9 Å². The molecule has 17 heavy (non-hydrogen) atoms. The van der Waals surface area contributed by atoms with E-state index in [4.69, 9.17) is 0 Å². The van der Waals surface area contributed by atoms with Crippen molar-refractivity contribution < 1.29 is 4.39 Å². The van der Waals surface area contributed by atoms with Gasteiger partial charge in [0.1, 0.15) is 17.5 Å². The molecule has 0 saturated heterocycles. The summed E-state index contributed by atoms with van der Waals surface area (Å²) in [6, 6.07) is 1.42. The van der Waals surface area contributed by atoms with Gasteiger partial charge in [0, 0.05) is 24.4 Å². The predicted molar refractivity (Wildman–Crippen MR) is 64.2 cm³/mol. The molecule has 0 fully saturated rings. The lowest BCUT2D eigenvalue weighted by Crippen LogP contribution is -2.03. The molecule has 2 aromatic heterocycles. The van der Waals surface area contributed by atoms with Gasteiger partial charge < -0.3 is 5.32 Å². The van der Waals surface area contributed by atoms with E-state index < -0.39 is 0 Å². The first kappa shape index (κ1) is 11.4. The molecular formula is C12H13FN4. The van der Waals surface area contributed by atoms with Gasteiger partial charge >= 0.3 is 0 Å². The lowest BCUT2D eigenvalue weighted by Gasteiger charge is -2.10. The van der Waals surface area contributed by atoms with Gasteiger partial charge in [0.2, 0.25) is 0 Å². The standard InChI is InChI=1S/C12H13FN4/c1-7-11(9-4-10(13)6-15-5-9)16-8(2)17-12(7)14-3/h4-6H,1-3H3,(H,14,16,17). The lowest BCUT2D eigenvalue weighted by molar-refractivity contribution is 0.622. The second-order valence-electron chi connectivity index (χ2n) is 3.73. The van der Waals surface area contributed by atoms with Crippen LogP contribution < -0.4 is 5.32 Å². The van der Waals surface area contributed by atoms with Gasteiger partial charge in [-0.25, -0.2) is 14.4 Å². The molecule has 4 nitrogen and oxygen atoms in total. The number of nitrogens with one attached hydrogen (secondary N) is 1. The topological polar surface area (TPSA) is 50.7 Å². The van der Waals surface area contributed by atoms with Crippen molar-refractivity contribution >= 4 is 5.82 Å². The molecule has 0 unspecified atom stereocenters. The van der Waals surface area contributed by atoms with Crippen LogP contribution in [-0.4, -0.2) is 22.0 Å². The Morgan fingerprint density at radius 1 is 1.18 bits per heavy atom. The molecule has 5 heteroatoms. The molecule has 0 amide bonds. The van der Waals surface area contributed by atoms with Gasteiger partial charge in [-0.15, -0.1) is 0 Å². The van der Waals surface area contributed by atoms with Crippen LogP contribution in [0.2, 0.25) is 0 Å². The Balaban J connectivity index is 2.63. The predicted octanol–water partition coefficient (Wildman–Crippen LogP) is 2.34. The minimum absolute atomic E-state index is 0.371. The molecule has 0 aliphatic rings. The van der Waals surface area contributed by atoms with Gasteiger partial charge in [0.15, 0.2) is 0 Å². The third-order valence-electron chi connectivity index (χ3n) is 2.47. The monoisotopic (exact) mass is 232 g/mol. The number of aromatic nitrogens is 3. The van der Waals surface area contributed by atoms with Crippen molar-refractivity contribution in [2.24, 2.45) is 0 Å². The van der Waals surface area contributed by atoms with E-state index in [9.17, 15) is 4.39 Å². The summed E-state index contributed by atoms with van der Waals surface area (Å²) in [4.78, 5) is 12.4. The molecule has 0 bridgehead atoms. The molecule has 88 valence electrons. The summed E-state index contributed by atoms with van der Waals surface area (Å²) < 4.78 is 13.1. The highest BCUT2D eigenvalue weighted by atomic mass is 19.1. The van der Waals surface area contributed by atoms with Crippen LogP contribution in [-0.2, 0) is 0 Å². The summed E-state index contributed by atoms with van der Waals surface area (Å²) in [5, 5.41) is 3.00. The summed E-state index contributed by atoms with van der Waals surface area (Å²) in [6.45, 7) is 3.70. The zero-order valence-corrected chi connectivity index (χ0v) is 9.95. The van der Waals surface area contributed by atoms with Crippen molar-refractivity contribution in [1.82, 2.24) is 15.0 Å². The van der Waals surface area contributed by atoms with Crippen LogP contribution >= 0.6 is 0 Å². The average Bonchev–Trinajstić information content (AvgIpc) is 2.31. The Morgan fingerprint density at radius 2 is 1.94 bits per heavy atom. The summed E-state index contributed by atoms with van der Waals surface area (Å²) in [5.41, 5.74) is 2.24. The van der Waals surface area contributed by atoms with E-state index >= 15 is 0 Å². The zero-order valence-electron chi connectivity index (χ0n) is 9.95. The molecule has 0 saturated carbocycles. The second kappa shape index (κ2) is 4.45. The van der Waals surface area contributed by atoms with Crippen LogP contribution in [0, 0.1) is 19.7 Å². The maximum absolute atomic E-state index is 13.1. The van der Waals surface area contributed by atoms with Gasteiger partial charge in [-0.1, -0.05) is 0 Å². The fourth-order valence-electron chi connectivity index (χ4n) is 1.69. The molecule has 0 aromatic carbocycles. The van der Waals surface area contributed by atoms with Crippen LogP contribution in [0.25, 0.3) is 11.3 Å². The molecule has 0 aliphatic carbocycles. The van der Waals surface area contributed by atoms with Gasteiger partial charge in [0.25, 0.3) is 0 Å². The van der Waals surface area contributed by atoms with Crippen LogP contribution in [0.15, 0.2) is 18.5 Å². The van der Waals surface area contributed by atoms with Gasteiger partial charge in [0.05, 0.1) is 11.9 Å². The number of aryl methyl sites for hydroxylation is 1. The van der Waals surface area contributed by atoms with E-state index in [1.807, 2.05) is 6.92 Å². The Kier molecular flexibility index (Phi) is 2.99. The average molecular weight is 232 g/mol. The van der Waals surface area contributed by atoms with Crippen LogP contribution in [0.3, 0.4) is 0 Å². The Hall–Kier alpha value is -2.04. The third-order valence-corrected chi connectivity index (χ3v) is 2.47. The number of pyridine rings is 1. The first-order chi connectivity index (χ1) is 8.11. The SMILES string of the molecule is CNc1nc(C)nc(-c2cncc(F)c2)c1C. The molecule has 2 aromatic rings. The fraction of sp³-hybridized carbons (Fsp3) is 0.250. The minimum Gasteiger partial charge on any atom is -0.373 e. The van der Waals surface area contributed by atoms with E-state index in [2.05, 4.69) is 20.3 Å². The smallest absolute Gasteiger partial charge is 0.142 e. The van der Waals surface area contributed by atoms with Crippen molar-refractivity contribution in [3.63, 3.8) is 0 Å². The summed E-state index contributed by atoms with van der Waals surface area (Å²) >= 11 is 0. The highest BCUT2D eigenvalue weighted by Gasteiger charge is 2.10. The molecule has 2 heterocycles. The van der Waals surface area contributed by atoms with Gasteiger partial charge in [-0.2, -0.15) is 0 Å². The van der Waals surface area contributed by atoms with Crippen molar-refractivity contribution in [3.05, 3.63) is 35.7 Å². The highest BCUT2D eigenvalue weighted by Crippen LogP contribution is 2.25. The van der Waals surface area contributed by atoms with Crippen LogP contribution in [0.5, 0.6) is 0 Å². The van der Waals surface area contributed by atoms with E-state index in [0.717, 1.165) is 11.4 Å². The molecule has 0 atom stereocenters. The summed E-state index contributed by atoms with van der Waals surface area (Å²) in [6.07, 6.45) is 2.77. The maximum Gasteiger partial charge on any atom is 0.142 e. The summed E-state index contributed by atoms with van der Waals surface area (Å²) in [5.74, 6) is 1.01. The molecule has 2 rings (SSSR count). The Bertz CT molecular complexity index is 554. The zero-order chi connectivity index (χ0) is 12.4. The van der Waals surface area contributed by atoms with E-state index in [-0.39, 0.29) is 5.82 Å². The number of nitrogens with zero attached hydrogens (tertiary/aromatic N) is 3. The Labute approximate surface area is 99.0 Å². The van der Waals surface area contributed by atoms with E-state index in [1.165, 1.54) is 12.3 Å². The number of halogens is 1. The van der Waals surface area contributed by atoms with Crippen LogP contribution in [0.4, 0.5) is 10.2 Å². The van der Waals surface area contributed by atoms with Crippen molar-refractivity contribution in [2.75, 3.05) is 12.4 Å². The number of anilines is 1. The highest BCUT2D eigenvalue weighted by molar-refractivity contribution is 5.67. The minimum atomic E-state index is -0.371. The second-order valence-corrected chi connectivity index (χ2v) is 3.73. The summed E-state index contributed by atoms with van der Waals surface area (Å²) in [7, 11) is 1.79. The maximum atomic E-state index is 13.1. The molecule has 0 aliphatic heterocycles. The van der Waals surface area contributed by atoms with Crippen molar-refractivity contribution in [1.29, 1.82) is 0 Å². The first-order valence-corrected chi connectivity index (χ1v) is 5.25. The molecule has 1 N–H and O–H groups in total. The lowest BCUT2D eigenvalue weighted by atomic mass is 10.1. The number of rotatable bonds is 2. The number of hydrogen-bond donors (Lipinski definition) is 1. The van der Waals surface area contributed by atoms with Crippen molar-refractivity contribution in [3.8, 4) is 11.3 Å². The van der Waals surface area contributed by atoms with E-state index in [0.29, 0.717) is 17.1 Å². The molecule has 0 spiro atoms. The first-order valence-electron chi connectivity index (χ1n) is 5.25. The molecular weight excluding hydrogens is 219 g/mol. The molecule has 0 radical (unpaired) electrons. The van der Waals surface area contributed by atoms with Crippen molar-refractivity contribution in [2.45, 2.75) is 13.8 Å². The largest absolute Gasteiger partial charge is 0.373 e. The fourth-order valence-corrected chi connectivity index (χ4v) is 1.69. The normalized spacial score (nSPS) is 10.4. The number of hydrogen-bond acceptors (Lipinski definition) is 4. The Morgan fingerprint density at radius 3 is 2.59 bits per heavy atom.